The molecule has 0 spiro atoms. The van der Waals surface area contributed by atoms with E-state index in [4.69, 9.17) is 34.8 Å². The number of nitriles is 1. The van der Waals surface area contributed by atoms with E-state index < -0.39 is 17.8 Å². The summed E-state index contributed by atoms with van der Waals surface area (Å²) in [6.45, 7) is 0. The Kier molecular flexibility index (Phi) is 6.88. The highest BCUT2D eigenvalue weighted by molar-refractivity contribution is 6.42. The van der Waals surface area contributed by atoms with Gasteiger partial charge in [0.1, 0.15) is 11.8 Å². The van der Waals surface area contributed by atoms with Gasteiger partial charge in [-0.25, -0.2) is 14.1 Å². The minimum Gasteiger partial charge on any atom is -0.373 e. The SMILES string of the molecule is N#Cc1cnc2c(Cl)cc(NC(c3cn(C4CC4)nn3)c3cccc(Cl)c3Cl)cc2c1Nc1cnc(F)c(F)c1. The van der Waals surface area contributed by atoms with E-state index in [0.717, 1.165) is 25.1 Å². The number of rotatable bonds is 7. The Labute approximate surface area is 241 Å². The van der Waals surface area contributed by atoms with E-state index in [1.54, 1.807) is 24.3 Å². The predicted octanol–water partition coefficient (Wildman–Crippen LogP) is 7.61. The van der Waals surface area contributed by atoms with Crippen molar-refractivity contribution in [1.29, 1.82) is 5.26 Å². The molecule has 40 heavy (non-hydrogen) atoms. The summed E-state index contributed by atoms with van der Waals surface area (Å²) in [6, 6.07) is 11.5. The lowest BCUT2D eigenvalue weighted by Crippen LogP contribution is -2.14. The molecule has 1 unspecified atom stereocenters. The van der Waals surface area contributed by atoms with E-state index in [-0.39, 0.29) is 16.3 Å². The van der Waals surface area contributed by atoms with Gasteiger partial charge in [0.05, 0.1) is 62.0 Å². The molecule has 3 aromatic heterocycles. The maximum atomic E-state index is 13.9. The summed E-state index contributed by atoms with van der Waals surface area (Å²) >= 11 is 19.6. The highest BCUT2D eigenvalue weighted by atomic mass is 35.5. The van der Waals surface area contributed by atoms with E-state index in [1.807, 2.05) is 16.9 Å². The first-order chi connectivity index (χ1) is 19.3. The molecule has 1 fully saturated rings. The number of hydrogen-bond donors (Lipinski definition) is 2. The maximum Gasteiger partial charge on any atom is 0.249 e. The van der Waals surface area contributed by atoms with Gasteiger partial charge in [-0.2, -0.15) is 9.65 Å². The number of benzene rings is 2. The summed E-state index contributed by atoms with van der Waals surface area (Å²) < 4.78 is 29.1. The Morgan fingerprint density at radius 3 is 2.60 bits per heavy atom. The van der Waals surface area contributed by atoms with Crippen LogP contribution in [0.4, 0.5) is 25.8 Å². The smallest absolute Gasteiger partial charge is 0.249 e. The highest BCUT2D eigenvalue weighted by Gasteiger charge is 2.28. The quantitative estimate of drug-likeness (QED) is 0.186. The molecule has 2 aromatic carbocycles. The average molecular weight is 598 g/mol. The number of halogens is 5. The number of pyridine rings is 2. The van der Waals surface area contributed by atoms with Crippen molar-refractivity contribution in [2.24, 2.45) is 0 Å². The van der Waals surface area contributed by atoms with Gasteiger partial charge in [-0.15, -0.1) is 5.10 Å². The number of fused-ring (bicyclic) bond motifs is 1. The molecule has 3 heterocycles. The summed E-state index contributed by atoms with van der Waals surface area (Å²) in [5.41, 5.74) is 2.81. The van der Waals surface area contributed by atoms with Crippen LogP contribution in [0.15, 0.2) is 55.0 Å². The first-order valence-corrected chi connectivity index (χ1v) is 13.2. The molecule has 200 valence electrons. The molecule has 0 saturated heterocycles. The summed E-state index contributed by atoms with van der Waals surface area (Å²) in [6.07, 6.45) is 6.42. The molecule has 1 aliphatic carbocycles. The van der Waals surface area contributed by atoms with E-state index in [0.29, 0.717) is 49.6 Å². The number of aromatic nitrogens is 5. The van der Waals surface area contributed by atoms with Crippen LogP contribution in [0.2, 0.25) is 15.1 Å². The van der Waals surface area contributed by atoms with Crippen LogP contribution in [0.3, 0.4) is 0 Å². The zero-order valence-electron chi connectivity index (χ0n) is 20.3. The fourth-order valence-corrected chi connectivity index (χ4v) is 5.04. The second kappa shape index (κ2) is 10.5. The molecule has 0 radical (unpaired) electrons. The zero-order chi connectivity index (χ0) is 28.0. The van der Waals surface area contributed by atoms with Crippen LogP contribution in [0.5, 0.6) is 0 Å². The van der Waals surface area contributed by atoms with Gasteiger partial charge >= 0.3 is 0 Å². The minimum absolute atomic E-state index is 0.137. The summed E-state index contributed by atoms with van der Waals surface area (Å²) in [5.74, 6) is -2.37. The summed E-state index contributed by atoms with van der Waals surface area (Å²) in [7, 11) is 0. The van der Waals surface area contributed by atoms with Crippen LogP contribution in [-0.4, -0.2) is 25.0 Å². The van der Waals surface area contributed by atoms with E-state index in [2.05, 4.69) is 37.0 Å². The molecule has 8 nitrogen and oxygen atoms in total. The molecule has 2 N–H and O–H groups in total. The highest BCUT2D eigenvalue weighted by Crippen LogP contribution is 2.40. The lowest BCUT2D eigenvalue weighted by molar-refractivity contribution is 0.480. The van der Waals surface area contributed by atoms with Crippen molar-refractivity contribution in [2.75, 3.05) is 10.6 Å². The van der Waals surface area contributed by atoms with Gasteiger partial charge in [0, 0.05) is 28.9 Å². The Bertz CT molecular complexity index is 1820. The van der Waals surface area contributed by atoms with Gasteiger partial charge < -0.3 is 10.6 Å². The van der Waals surface area contributed by atoms with Crippen LogP contribution in [0.1, 0.15) is 41.7 Å². The molecule has 0 aliphatic heterocycles. The number of nitrogens with zero attached hydrogens (tertiary/aromatic N) is 6. The molecule has 0 bridgehead atoms. The van der Waals surface area contributed by atoms with Crippen molar-refractivity contribution in [2.45, 2.75) is 24.9 Å². The molecule has 1 saturated carbocycles. The van der Waals surface area contributed by atoms with Crippen LogP contribution in [0, 0.1) is 23.1 Å². The van der Waals surface area contributed by atoms with Gasteiger partial charge in [-0.3, -0.25) is 4.98 Å². The monoisotopic (exact) mass is 596 g/mol. The third kappa shape index (κ3) is 4.99. The first-order valence-electron chi connectivity index (χ1n) is 12.0. The third-order valence-corrected chi connectivity index (χ3v) is 7.58. The van der Waals surface area contributed by atoms with Gasteiger partial charge in [-0.1, -0.05) is 52.1 Å². The molecule has 5 aromatic rings. The van der Waals surface area contributed by atoms with Crippen molar-refractivity contribution in [3.63, 3.8) is 0 Å². The first kappa shape index (κ1) is 26.2. The topological polar surface area (TPSA) is 104 Å². The number of hydrogen-bond acceptors (Lipinski definition) is 7. The Morgan fingerprint density at radius 2 is 1.85 bits per heavy atom. The molecular formula is C27H17Cl3F2N8. The Hall–Kier alpha value is -4.04. The van der Waals surface area contributed by atoms with Gasteiger partial charge in [0.25, 0.3) is 0 Å². The van der Waals surface area contributed by atoms with Gasteiger partial charge in [0.15, 0.2) is 5.82 Å². The lowest BCUT2D eigenvalue weighted by Gasteiger charge is -2.21. The van der Waals surface area contributed by atoms with Crippen molar-refractivity contribution >= 4 is 62.8 Å². The van der Waals surface area contributed by atoms with Crippen molar-refractivity contribution in [3.05, 3.63) is 98.6 Å². The van der Waals surface area contributed by atoms with Crippen LogP contribution < -0.4 is 10.6 Å². The molecule has 13 heteroatoms. The van der Waals surface area contributed by atoms with Crippen LogP contribution in [0.25, 0.3) is 10.9 Å². The van der Waals surface area contributed by atoms with E-state index >= 15 is 0 Å². The summed E-state index contributed by atoms with van der Waals surface area (Å²) in [4.78, 5) is 7.75. The van der Waals surface area contributed by atoms with Crippen LogP contribution in [-0.2, 0) is 0 Å². The molecule has 0 amide bonds. The maximum absolute atomic E-state index is 13.9. The van der Waals surface area contributed by atoms with Gasteiger partial charge in [-0.05, 0) is 31.0 Å². The molecule has 1 aliphatic rings. The number of anilines is 3. The molecular weight excluding hydrogens is 581 g/mol. The minimum atomic E-state index is -1.23. The standard InChI is InChI=1S/C27H17Cl3F2N8/c28-19-3-1-2-17(23(19)30)26(22-12-40(39-38-22)16-4-5-16)36-14-6-18-24(37-15-8-21(31)27(32)35-11-15)13(9-33)10-34-25(18)20(29)7-14/h1-3,6-8,10-12,16,26,36H,4-5H2,(H,34,37). The van der Waals surface area contributed by atoms with Crippen molar-refractivity contribution in [1.82, 2.24) is 25.0 Å². The van der Waals surface area contributed by atoms with Gasteiger partial charge in [0.2, 0.25) is 5.95 Å². The average Bonchev–Trinajstić information content (AvgIpc) is 3.68. The fraction of sp³-hybridized carbons (Fsp3) is 0.148. The second-order valence-corrected chi connectivity index (χ2v) is 10.4. The third-order valence-electron chi connectivity index (χ3n) is 6.46. The second-order valence-electron chi connectivity index (χ2n) is 9.21. The van der Waals surface area contributed by atoms with Crippen LogP contribution >= 0.6 is 34.8 Å². The van der Waals surface area contributed by atoms with Crippen molar-refractivity contribution in [3.8, 4) is 6.07 Å². The van der Waals surface area contributed by atoms with E-state index in [1.165, 1.54) is 6.20 Å². The largest absolute Gasteiger partial charge is 0.373 e. The fourth-order valence-electron chi connectivity index (χ4n) is 4.36. The van der Waals surface area contributed by atoms with Crippen molar-refractivity contribution < 1.29 is 8.78 Å². The Morgan fingerprint density at radius 1 is 1.02 bits per heavy atom. The Balaban J connectivity index is 1.46. The molecule has 1 atom stereocenters. The normalized spacial score (nSPS) is 13.7. The zero-order valence-corrected chi connectivity index (χ0v) is 22.6. The molecule has 6 rings (SSSR count). The number of nitrogens with one attached hydrogen (secondary N) is 2. The predicted molar refractivity (Wildman–Crippen MR) is 149 cm³/mol. The summed E-state index contributed by atoms with van der Waals surface area (Å²) in [5, 5.41) is 26.3. The van der Waals surface area contributed by atoms with E-state index in [9.17, 15) is 14.0 Å². The lowest BCUT2D eigenvalue weighted by atomic mass is 10.0.